The monoisotopic (exact) mass is 363 g/mol. The molecule has 1 aromatic carbocycles. The average molecular weight is 364 g/mol. The lowest BCUT2D eigenvalue weighted by molar-refractivity contribution is -0.868. The van der Waals surface area contributed by atoms with Crippen LogP contribution in [-0.2, 0) is 4.79 Å². The number of halogens is 3. The first-order valence-electron chi connectivity index (χ1n) is 5.87. The van der Waals surface area contributed by atoms with Crippen molar-refractivity contribution in [3.05, 3.63) is 45.0 Å². The second kappa shape index (κ2) is 5.46. The Bertz CT molecular complexity index is 584. The summed E-state index contributed by atoms with van der Waals surface area (Å²) in [6, 6.07) is 3.82. The van der Waals surface area contributed by atoms with Crippen molar-refractivity contribution in [2.45, 2.75) is 12.3 Å². The van der Waals surface area contributed by atoms with Gasteiger partial charge in [-0.1, -0.05) is 6.07 Å². The highest BCUT2D eigenvalue weighted by atomic mass is 79.9. The van der Waals surface area contributed by atoms with Gasteiger partial charge >= 0.3 is 0 Å². The van der Waals surface area contributed by atoms with Gasteiger partial charge in [-0.15, -0.1) is 0 Å². The lowest BCUT2D eigenvalue weighted by atomic mass is 10.1. The van der Waals surface area contributed by atoms with Gasteiger partial charge in [0, 0.05) is 6.92 Å². The van der Waals surface area contributed by atoms with Gasteiger partial charge < -0.3 is 0 Å². The van der Waals surface area contributed by atoms with Crippen LogP contribution in [-0.4, -0.2) is 24.5 Å². The van der Waals surface area contributed by atoms with Gasteiger partial charge in [0.25, 0.3) is 0 Å². The third-order valence-electron chi connectivity index (χ3n) is 3.10. The van der Waals surface area contributed by atoms with E-state index in [0.29, 0.717) is 9.64 Å². The smallest absolute Gasteiger partial charge is 0.230 e. The first-order valence-corrected chi connectivity index (χ1v) is 7.54. The maximum Gasteiger partial charge on any atom is 0.230 e. The van der Waals surface area contributed by atoms with Crippen molar-refractivity contribution in [1.82, 2.24) is 5.32 Å². The summed E-state index contributed by atoms with van der Waals surface area (Å²) >= 11 is 4.64. The third-order valence-corrected chi connectivity index (χ3v) is 5.43. The molecule has 20 heavy (non-hydrogen) atoms. The molecule has 0 fully saturated rings. The van der Waals surface area contributed by atoms with Crippen molar-refractivity contribution < 1.29 is 18.1 Å². The summed E-state index contributed by atoms with van der Waals surface area (Å²) < 4.78 is 28.8. The highest BCUT2D eigenvalue weighted by molar-refractivity contribution is 9.14. The van der Waals surface area contributed by atoms with E-state index in [0.717, 1.165) is 0 Å². The van der Waals surface area contributed by atoms with Gasteiger partial charge in [0.15, 0.2) is 5.37 Å². The maximum atomic E-state index is 14.0. The molecule has 0 saturated heterocycles. The molecule has 3 nitrogen and oxygen atoms in total. The van der Waals surface area contributed by atoms with Gasteiger partial charge in [-0.05, 0) is 39.8 Å². The highest BCUT2D eigenvalue weighted by Gasteiger charge is 2.46. The van der Waals surface area contributed by atoms with E-state index < -0.39 is 17.0 Å². The molecule has 1 aliphatic heterocycles. The van der Waals surface area contributed by atoms with Gasteiger partial charge in [0.1, 0.15) is 15.4 Å². The second-order valence-electron chi connectivity index (χ2n) is 4.95. The molecule has 1 unspecified atom stereocenters. The number of thioether (sulfide) groups is 1. The molecule has 1 N–H and O–H groups in total. The number of hydrogen-bond acceptors (Lipinski definition) is 2. The van der Waals surface area contributed by atoms with Gasteiger partial charge in [-0.25, -0.2) is 8.78 Å². The molecule has 0 aromatic heterocycles. The minimum atomic E-state index is -0.585. The zero-order valence-electron chi connectivity index (χ0n) is 11.2. The van der Waals surface area contributed by atoms with Crippen LogP contribution in [0.4, 0.5) is 8.78 Å². The van der Waals surface area contributed by atoms with Gasteiger partial charge in [0.05, 0.1) is 19.7 Å². The van der Waals surface area contributed by atoms with E-state index in [4.69, 9.17) is 0 Å². The normalized spacial score (nSPS) is 21.2. The standard InChI is InChI=1S/C13H13BrF2N2OS/c1-7(19)17-12-11(14)20-13(18(12,2)3)10-8(15)5-4-6-9(10)16/h4-6,13H,1-3H3/p+1. The van der Waals surface area contributed by atoms with Crippen LogP contribution in [0.1, 0.15) is 17.9 Å². The molecular formula is C13H14BrF2N2OS+. The number of carbonyl (C=O) groups is 1. The molecular weight excluding hydrogens is 350 g/mol. The Labute approximate surface area is 128 Å². The maximum absolute atomic E-state index is 14.0. The summed E-state index contributed by atoms with van der Waals surface area (Å²) in [6.45, 7) is 1.40. The molecule has 0 saturated carbocycles. The predicted molar refractivity (Wildman–Crippen MR) is 78.6 cm³/mol. The number of rotatable bonds is 2. The lowest BCUT2D eigenvalue weighted by Gasteiger charge is -2.32. The summed E-state index contributed by atoms with van der Waals surface area (Å²) in [5, 5.41) is 2.21. The zero-order valence-corrected chi connectivity index (χ0v) is 13.6. The van der Waals surface area contributed by atoms with E-state index in [1.165, 1.54) is 36.9 Å². The number of benzene rings is 1. The van der Waals surface area contributed by atoms with Gasteiger partial charge in [0.2, 0.25) is 11.7 Å². The van der Waals surface area contributed by atoms with E-state index >= 15 is 0 Å². The molecule has 1 amide bonds. The van der Waals surface area contributed by atoms with Crippen molar-refractivity contribution in [3.8, 4) is 0 Å². The quantitative estimate of drug-likeness (QED) is 0.815. The van der Waals surface area contributed by atoms with Crippen LogP contribution in [0.3, 0.4) is 0 Å². The minimum Gasteiger partial charge on any atom is -0.280 e. The van der Waals surface area contributed by atoms with E-state index in [2.05, 4.69) is 21.2 Å². The van der Waals surface area contributed by atoms with Gasteiger partial charge in [-0.2, -0.15) is 0 Å². The van der Waals surface area contributed by atoms with E-state index in [-0.39, 0.29) is 16.0 Å². The largest absolute Gasteiger partial charge is 0.280 e. The second-order valence-corrected chi connectivity index (χ2v) is 7.36. The Kier molecular flexibility index (Phi) is 4.22. The molecule has 1 heterocycles. The van der Waals surface area contributed by atoms with Crippen molar-refractivity contribution in [2.75, 3.05) is 14.1 Å². The Morgan fingerprint density at radius 2 is 1.90 bits per heavy atom. The van der Waals surface area contributed by atoms with Crippen molar-refractivity contribution in [1.29, 1.82) is 0 Å². The Hall–Kier alpha value is -0.920. The van der Waals surface area contributed by atoms with Gasteiger partial charge in [-0.3, -0.25) is 14.6 Å². The van der Waals surface area contributed by atoms with Crippen molar-refractivity contribution in [3.63, 3.8) is 0 Å². The minimum absolute atomic E-state index is 0.0137. The van der Waals surface area contributed by atoms with Crippen LogP contribution in [0.5, 0.6) is 0 Å². The fourth-order valence-electron chi connectivity index (χ4n) is 2.12. The molecule has 0 radical (unpaired) electrons. The summed E-state index contributed by atoms with van der Waals surface area (Å²) in [4.78, 5) is 11.3. The SMILES string of the molecule is CC(=O)NC1=C(Br)SC(c2c(F)cccc2F)[N+]1(C)C. The first-order chi connectivity index (χ1) is 9.25. The number of nitrogens with one attached hydrogen (secondary N) is 1. The van der Waals surface area contributed by atoms with Crippen LogP contribution < -0.4 is 5.32 Å². The molecule has 1 atom stereocenters. The predicted octanol–water partition coefficient (Wildman–Crippen LogP) is 3.44. The number of nitrogens with zero attached hydrogens (tertiary/aromatic N) is 1. The summed E-state index contributed by atoms with van der Waals surface area (Å²) in [5.41, 5.74) is 0.0137. The number of quaternary nitrogens is 1. The third kappa shape index (κ3) is 2.62. The summed E-state index contributed by atoms with van der Waals surface area (Å²) in [6.07, 6.45) is 0. The molecule has 0 spiro atoms. The van der Waals surface area contributed by atoms with Crippen LogP contribution >= 0.6 is 27.7 Å². The fourth-order valence-corrected chi connectivity index (χ4v) is 4.51. The molecule has 108 valence electrons. The number of amides is 1. The highest BCUT2D eigenvalue weighted by Crippen LogP contribution is 2.53. The fraction of sp³-hybridized carbons (Fsp3) is 0.308. The van der Waals surface area contributed by atoms with Crippen LogP contribution in [0.2, 0.25) is 0 Å². The van der Waals surface area contributed by atoms with E-state index in [1.54, 1.807) is 14.1 Å². The Balaban J connectivity index is 2.46. The van der Waals surface area contributed by atoms with E-state index in [1.807, 2.05) is 0 Å². The van der Waals surface area contributed by atoms with Crippen molar-refractivity contribution >= 4 is 33.6 Å². The molecule has 1 aliphatic rings. The van der Waals surface area contributed by atoms with Crippen LogP contribution in [0, 0.1) is 11.6 Å². The Morgan fingerprint density at radius 3 is 2.40 bits per heavy atom. The van der Waals surface area contributed by atoms with Crippen molar-refractivity contribution in [2.24, 2.45) is 0 Å². The van der Waals surface area contributed by atoms with E-state index in [9.17, 15) is 13.6 Å². The zero-order chi connectivity index (χ0) is 15.1. The lowest BCUT2D eigenvalue weighted by Crippen LogP contribution is -2.44. The molecule has 2 rings (SSSR count). The molecule has 0 bridgehead atoms. The molecule has 0 aliphatic carbocycles. The topological polar surface area (TPSA) is 29.1 Å². The van der Waals surface area contributed by atoms with Crippen LogP contribution in [0.15, 0.2) is 27.8 Å². The number of carbonyl (C=O) groups excluding carboxylic acids is 1. The summed E-state index contributed by atoms with van der Waals surface area (Å²) in [7, 11) is 3.59. The average Bonchev–Trinajstić information content (AvgIpc) is 2.53. The van der Waals surface area contributed by atoms with Crippen LogP contribution in [0.25, 0.3) is 0 Å². The molecule has 7 heteroatoms. The Morgan fingerprint density at radius 1 is 1.35 bits per heavy atom. The number of hydrogen-bond donors (Lipinski definition) is 1. The first kappa shape index (κ1) is 15.5. The summed E-state index contributed by atoms with van der Waals surface area (Å²) in [5.74, 6) is -0.801. The molecule has 1 aromatic rings.